The minimum Gasteiger partial charge on any atom is -0.506 e. The van der Waals surface area contributed by atoms with Crippen LogP contribution in [0.4, 0.5) is 0 Å². The van der Waals surface area contributed by atoms with Gasteiger partial charge in [0.15, 0.2) is 0 Å². The number of nitro groups is 1. The van der Waals surface area contributed by atoms with E-state index in [0.29, 0.717) is 5.56 Å². The van der Waals surface area contributed by atoms with Crippen molar-refractivity contribution in [1.82, 2.24) is 0 Å². The van der Waals surface area contributed by atoms with Gasteiger partial charge in [-0.2, -0.15) is 0 Å². The lowest BCUT2D eigenvalue weighted by molar-refractivity contribution is -0.422. The topological polar surface area (TPSA) is 63.4 Å². The number of allylic oxidation sites excluding steroid dienone is 1. The molecule has 0 aliphatic carbocycles. The zero-order chi connectivity index (χ0) is 10.7. The first-order valence-electron chi connectivity index (χ1n) is 3.82. The summed E-state index contributed by atoms with van der Waals surface area (Å²) in [6.07, 6.45) is 1.36. The lowest BCUT2D eigenvalue weighted by Gasteiger charge is -1.97. The molecule has 0 fully saturated rings. The lowest BCUT2D eigenvalue weighted by atomic mass is 10.2. The average Bonchev–Trinajstić information content (AvgIpc) is 2.11. The van der Waals surface area contributed by atoms with Crippen molar-refractivity contribution >= 4 is 17.7 Å². The molecule has 1 aromatic rings. The van der Waals surface area contributed by atoms with Crippen LogP contribution in [-0.2, 0) is 0 Å². The predicted octanol–water partition coefficient (Wildman–Crippen LogP) is 2.68. The molecule has 0 saturated carbocycles. The first-order chi connectivity index (χ1) is 6.50. The smallest absolute Gasteiger partial charge is 0.243 e. The van der Waals surface area contributed by atoms with Gasteiger partial charge < -0.3 is 5.11 Å². The van der Waals surface area contributed by atoms with Gasteiger partial charge in [-0.3, -0.25) is 10.1 Å². The van der Waals surface area contributed by atoms with E-state index >= 15 is 0 Å². The molecule has 0 radical (unpaired) electrons. The number of phenols is 1. The van der Waals surface area contributed by atoms with Crippen LogP contribution in [0.3, 0.4) is 0 Å². The fraction of sp³-hybridized carbons (Fsp3) is 0.111. The molecule has 0 bridgehead atoms. The van der Waals surface area contributed by atoms with Gasteiger partial charge in [-0.1, -0.05) is 17.7 Å². The zero-order valence-electron chi connectivity index (χ0n) is 7.40. The number of hydrogen-bond acceptors (Lipinski definition) is 3. The van der Waals surface area contributed by atoms with Gasteiger partial charge in [0, 0.05) is 13.0 Å². The summed E-state index contributed by atoms with van der Waals surface area (Å²) in [5.41, 5.74) is 0.549. The number of rotatable bonds is 2. The van der Waals surface area contributed by atoms with E-state index < -0.39 is 4.92 Å². The van der Waals surface area contributed by atoms with Crippen LogP contribution in [0.5, 0.6) is 5.75 Å². The van der Waals surface area contributed by atoms with Crippen molar-refractivity contribution in [3.8, 4) is 5.75 Å². The summed E-state index contributed by atoms with van der Waals surface area (Å²) in [6.45, 7) is 1.38. The second-order valence-corrected chi connectivity index (χ2v) is 3.16. The highest BCUT2D eigenvalue weighted by molar-refractivity contribution is 6.32. The van der Waals surface area contributed by atoms with Gasteiger partial charge in [-0.25, -0.2) is 0 Å². The highest BCUT2D eigenvalue weighted by Gasteiger charge is 2.03. The van der Waals surface area contributed by atoms with E-state index in [9.17, 15) is 15.2 Å². The summed E-state index contributed by atoms with van der Waals surface area (Å²) < 4.78 is 0. The molecule has 74 valence electrons. The molecule has 14 heavy (non-hydrogen) atoms. The van der Waals surface area contributed by atoms with E-state index in [0.717, 1.165) is 0 Å². The Labute approximate surface area is 85.6 Å². The second-order valence-electron chi connectivity index (χ2n) is 2.75. The Balaban J connectivity index is 3.04. The Kier molecular flexibility index (Phi) is 3.09. The van der Waals surface area contributed by atoms with Crippen molar-refractivity contribution in [2.75, 3.05) is 0 Å². The van der Waals surface area contributed by atoms with Gasteiger partial charge in [-0.15, -0.1) is 0 Å². The largest absolute Gasteiger partial charge is 0.506 e. The fourth-order valence-electron chi connectivity index (χ4n) is 0.913. The van der Waals surface area contributed by atoms with E-state index in [2.05, 4.69) is 0 Å². The van der Waals surface area contributed by atoms with Gasteiger partial charge in [0.2, 0.25) is 5.70 Å². The molecule has 0 aliphatic rings. The minimum absolute atomic E-state index is 0.00622. The summed E-state index contributed by atoms with van der Waals surface area (Å²) in [5, 5.41) is 19.7. The van der Waals surface area contributed by atoms with Gasteiger partial charge in [0.05, 0.1) is 9.95 Å². The molecule has 1 rings (SSSR count). The maximum atomic E-state index is 10.3. The SMILES string of the molecule is CC(=Cc1ccc(Cl)c(O)c1)[N+](=O)[O-]. The van der Waals surface area contributed by atoms with Gasteiger partial charge in [-0.05, 0) is 17.7 Å². The Morgan fingerprint density at radius 3 is 2.79 bits per heavy atom. The molecule has 0 unspecified atom stereocenters. The van der Waals surface area contributed by atoms with Crippen molar-refractivity contribution in [3.05, 3.63) is 44.6 Å². The van der Waals surface area contributed by atoms with Gasteiger partial charge in [0.25, 0.3) is 0 Å². The number of halogens is 1. The van der Waals surface area contributed by atoms with Crippen LogP contribution in [0.15, 0.2) is 23.9 Å². The summed E-state index contributed by atoms with van der Waals surface area (Å²) in [5.74, 6) is -0.0865. The molecule has 0 heterocycles. The monoisotopic (exact) mass is 213 g/mol. The first-order valence-corrected chi connectivity index (χ1v) is 4.19. The number of phenolic OH excluding ortho intramolecular Hbond substituents is 1. The van der Waals surface area contributed by atoms with E-state index in [-0.39, 0.29) is 16.5 Å². The molecule has 5 heteroatoms. The maximum absolute atomic E-state index is 10.3. The summed E-state index contributed by atoms with van der Waals surface area (Å²) >= 11 is 5.58. The van der Waals surface area contributed by atoms with Crippen molar-refractivity contribution in [3.63, 3.8) is 0 Å². The highest BCUT2D eigenvalue weighted by atomic mass is 35.5. The quantitative estimate of drug-likeness (QED) is 0.607. The molecular weight excluding hydrogens is 206 g/mol. The molecule has 0 aliphatic heterocycles. The standard InChI is InChI=1S/C9H8ClNO3/c1-6(11(13)14)4-7-2-3-8(10)9(12)5-7/h2-5,12H,1H3. The van der Waals surface area contributed by atoms with E-state index in [4.69, 9.17) is 11.6 Å². The van der Waals surface area contributed by atoms with E-state index in [1.165, 1.54) is 25.1 Å². The van der Waals surface area contributed by atoms with E-state index in [1.54, 1.807) is 6.07 Å². The van der Waals surface area contributed by atoms with Crippen LogP contribution in [-0.4, -0.2) is 10.0 Å². The van der Waals surface area contributed by atoms with Crippen LogP contribution >= 0.6 is 11.6 Å². The maximum Gasteiger partial charge on any atom is 0.243 e. The van der Waals surface area contributed by atoms with Crippen molar-refractivity contribution < 1.29 is 10.0 Å². The number of aromatic hydroxyl groups is 1. The molecule has 1 aromatic carbocycles. The Morgan fingerprint density at radius 2 is 2.29 bits per heavy atom. The van der Waals surface area contributed by atoms with Crippen molar-refractivity contribution in [2.45, 2.75) is 6.92 Å². The number of benzene rings is 1. The molecule has 0 amide bonds. The zero-order valence-corrected chi connectivity index (χ0v) is 8.15. The summed E-state index contributed by atoms with van der Waals surface area (Å²) in [6, 6.07) is 4.44. The second kappa shape index (κ2) is 4.11. The predicted molar refractivity (Wildman–Crippen MR) is 53.8 cm³/mol. The summed E-state index contributed by atoms with van der Waals surface area (Å²) in [7, 11) is 0. The minimum atomic E-state index is -0.494. The van der Waals surface area contributed by atoms with Crippen LogP contribution in [0, 0.1) is 10.1 Å². The molecule has 0 saturated heterocycles. The Bertz CT molecular complexity index is 401. The molecular formula is C9H8ClNO3. The number of nitrogens with zero attached hydrogens (tertiary/aromatic N) is 1. The highest BCUT2D eigenvalue weighted by Crippen LogP contribution is 2.24. The van der Waals surface area contributed by atoms with Gasteiger partial charge in [0.1, 0.15) is 5.75 Å². The van der Waals surface area contributed by atoms with E-state index in [1.807, 2.05) is 0 Å². The normalized spacial score (nSPS) is 11.4. The fourth-order valence-corrected chi connectivity index (χ4v) is 1.03. The van der Waals surface area contributed by atoms with Crippen LogP contribution in [0.1, 0.15) is 12.5 Å². The molecule has 0 atom stereocenters. The molecule has 4 nitrogen and oxygen atoms in total. The van der Waals surface area contributed by atoms with Crippen LogP contribution in [0.2, 0.25) is 5.02 Å². The molecule has 0 aromatic heterocycles. The third-order valence-corrected chi connectivity index (χ3v) is 1.95. The Hall–Kier alpha value is -1.55. The lowest BCUT2D eigenvalue weighted by Crippen LogP contribution is -1.92. The average molecular weight is 214 g/mol. The third kappa shape index (κ3) is 2.47. The Morgan fingerprint density at radius 1 is 1.64 bits per heavy atom. The van der Waals surface area contributed by atoms with Crippen molar-refractivity contribution in [2.24, 2.45) is 0 Å². The van der Waals surface area contributed by atoms with Gasteiger partial charge >= 0.3 is 0 Å². The summed E-state index contributed by atoms with van der Waals surface area (Å²) in [4.78, 5) is 9.81. The van der Waals surface area contributed by atoms with Crippen LogP contribution in [0.25, 0.3) is 6.08 Å². The molecule has 1 N–H and O–H groups in total. The third-order valence-electron chi connectivity index (χ3n) is 1.63. The van der Waals surface area contributed by atoms with Crippen molar-refractivity contribution in [1.29, 1.82) is 0 Å². The molecule has 0 spiro atoms. The first kappa shape index (κ1) is 10.5. The van der Waals surface area contributed by atoms with Crippen LogP contribution < -0.4 is 0 Å². The number of hydrogen-bond donors (Lipinski definition) is 1.